The number of rotatable bonds is 3. The van der Waals surface area contributed by atoms with Crippen molar-refractivity contribution in [1.82, 2.24) is 25.0 Å². The van der Waals surface area contributed by atoms with Gasteiger partial charge in [-0.1, -0.05) is 0 Å². The minimum atomic E-state index is 0.592. The lowest BCUT2D eigenvalue weighted by atomic mass is 10.4. The van der Waals surface area contributed by atoms with Crippen LogP contribution in [0.4, 0.5) is 5.82 Å². The fourth-order valence-electron chi connectivity index (χ4n) is 1.13. The number of hydrogen-bond acceptors (Lipinski definition) is 5. The van der Waals surface area contributed by atoms with Crippen molar-refractivity contribution in [1.29, 1.82) is 0 Å². The molecule has 0 aliphatic rings. The molecule has 0 atom stereocenters. The van der Waals surface area contributed by atoms with Crippen LogP contribution in [0.2, 0.25) is 0 Å². The summed E-state index contributed by atoms with van der Waals surface area (Å²) < 4.78 is 1.86. The van der Waals surface area contributed by atoms with Crippen LogP contribution in [-0.4, -0.2) is 25.0 Å². The van der Waals surface area contributed by atoms with Crippen molar-refractivity contribution in [2.75, 3.05) is 5.32 Å². The molecule has 78 valence electrons. The third kappa shape index (κ3) is 2.28. The quantitative estimate of drug-likeness (QED) is 0.789. The second-order valence-electron chi connectivity index (χ2n) is 3.27. The molecule has 0 fully saturated rings. The maximum atomic E-state index is 3.99. The summed E-state index contributed by atoms with van der Waals surface area (Å²) in [6.45, 7) is 2.49. The molecule has 0 radical (unpaired) electrons. The van der Waals surface area contributed by atoms with Crippen LogP contribution in [-0.2, 0) is 13.6 Å². The summed E-state index contributed by atoms with van der Waals surface area (Å²) in [7, 11) is 1.90. The van der Waals surface area contributed by atoms with E-state index in [4.69, 9.17) is 0 Å². The number of nitrogens with zero attached hydrogens (tertiary/aromatic N) is 5. The van der Waals surface area contributed by atoms with Crippen LogP contribution in [0.15, 0.2) is 18.5 Å². The molecule has 15 heavy (non-hydrogen) atoms. The van der Waals surface area contributed by atoms with Crippen LogP contribution in [0, 0.1) is 6.92 Å². The summed E-state index contributed by atoms with van der Waals surface area (Å²) in [6.07, 6.45) is 1.66. The van der Waals surface area contributed by atoms with Crippen molar-refractivity contribution in [2.24, 2.45) is 7.05 Å². The van der Waals surface area contributed by atoms with Crippen LogP contribution in [0.3, 0.4) is 0 Å². The van der Waals surface area contributed by atoms with E-state index < -0.39 is 0 Å². The highest BCUT2D eigenvalue weighted by Crippen LogP contribution is 2.02. The number of hydrogen-bond donors (Lipinski definition) is 1. The van der Waals surface area contributed by atoms with Crippen molar-refractivity contribution in [3.05, 3.63) is 30.0 Å². The lowest BCUT2D eigenvalue weighted by Crippen LogP contribution is -2.07. The molecular formula is C9H12N6. The van der Waals surface area contributed by atoms with Gasteiger partial charge in [0.05, 0.1) is 12.2 Å². The van der Waals surface area contributed by atoms with Gasteiger partial charge in [0.15, 0.2) is 5.82 Å². The number of nitrogens with one attached hydrogen (secondary N) is 1. The second-order valence-corrected chi connectivity index (χ2v) is 3.27. The van der Waals surface area contributed by atoms with E-state index in [1.165, 1.54) is 0 Å². The van der Waals surface area contributed by atoms with E-state index in [0.717, 1.165) is 17.3 Å². The van der Waals surface area contributed by atoms with E-state index in [1.807, 2.05) is 30.7 Å². The Kier molecular flexibility index (Phi) is 2.57. The van der Waals surface area contributed by atoms with Crippen molar-refractivity contribution < 1.29 is 0 Å². The first kappa shape index (κ1) is 9.57. The molecule has 0 bridgehead atoms. The number of anilines is 1. The third-order valence-electron chi connectivity index (χ3n) is 2.03. The molecular weight excluding hydrogens is 192 g/mol. The zero-order valence-corrected chi connectivity index (χ0v) is 8.68. The molecule has 6 nitrogen and oxygen atoms in total. The maximum absolute atomic E-state index is 3.99. The average Bonchev–Trinajstić information content (AvgIpc) is 2.63. The number of aromatic nitrogens is 5. The molecule has 0 amide bonds. The Morgan fingerprint density at radius 1 is 1.27 bits per heavy atom. The summed E-state index contributed by atoms with van der Waals surface area (Å²) in [6, 6.07) is 3.80. The zero-order chi connectivity index (χ0) is 10.7. The zero-order valence-electron chi connectivity index (χ0n) is 8.68. The van der Waals surface area contributed by atoms with Crippen molar-refractivity contribution in [3.8, 4) is 0 Å². The largest absolute Gasteiger partial charge is 0.361 e. The SMILES string of the molecule is Cc1ccc(NCc2nncn2C)nn1. The molecule has 0 saturated heterocycles. The predicted molar refractivity (Wildman–Crippen MR) is 55.1 cm³/mol. The lowest BCUT2D eigenvalue weighted by Gasteiger charge is -2.03. The highest BCUT2D eigenvalue weighted by molar-refractivity contribution is 5.32. The van der Waals surface area contributed by atoms with Crippen LogP contribution in [0.1, 0.15) is 11.5 Å². The smallest absolute Gasteiger partial charge is 0.151 e. The molecule has 0 saturated carbocycles. The molecule has 2 aromatic rings. The molecule has 2 heterocycles. The van der Waals surface area contributed by atoms with Gasteiger partial charge in [-0.15, -0.1) is 15.3 Å². The first-order valence-electron chi connectivity index (χ1n) is 4.63. The van der Waals surface area contributed by atoms with E-state index in [9.17, 15) is 0 Å². The van der Waals surface area contributed by atoms with Crippen molar-refractivity contribution >= 4 is 5.82 Å². The van der Waals surface area contributed by atoms with Gasteiger partial charge in [-0.3, -0.25) is 0 Å². The van der Waals surface area contributed by atoms with E-state index >= 15 is 0 Å². The summed E-state index contributed by atoms with van der Waals surface area (Å²) in [5.41, 5.74) is 0.902. The van der Waals surface area contributed by atoms with E-state index in [1.54, 1.807) is 6.33 Å². The van der Waals surface area contributed by atoms with Gasteiger partial charge in [0.1, 0.15) is 12.1 Å². The molecule has 0 aliphatic carbocycles. The summed E-state index contributed by atoms with van der Waals surface area (Å²) >= 11 is 0. The van der Waals surface area contributed by atoms with Gasteiger partial charge in [0.25, 0.3) is 0 Å². The van der Waals surface area contributed by atoms with Gasteiger partial charge in [-0.05, 0) is 19.1 Å². The Morgan fingerprint density at radius 3 is 2.73 bits per heavy atom. The maximum Gasteiger partial charge on any atom is 0.151 e. The fraction of sp³-hybridized carbons (Fsp3) is 0.333. The van der Waals surface area contributed by atoms with Gasteiger partial charge >= 0.3 is 0 Å². The normalized spacial score (nSPS) is 10.3. The first-order valence-corrected chi connectivity index (χ1v) is 4.63. The number of aryl methyl sites for hydroxylation is 2. The van der Waals surface area contributed by atoms with Gasteiger partial charge < -0.3 is 9.88 Å². The minimum absolute atomic E-state index is 0.592. The van der Waals surface area contributed by atoms with Crippen molar-refractivity contribution in [3.63, 3.8) is 0 Å². The summed E-state index contributed by atoms with van der Waals surface area (Å²) in [5, 5.41) is 18.8. The molecule has 2 rings (SSSR count). The third-order valence-corrected chi connectivity index (χ3v) is 2.03. The van der Waals surface area contributed by atoms with Crippen LogP contribution < -0.4 is 5.32 Å². The first-order chi connectivity index (χ1) is 7.25. The second kappa shape index (κ2) is 4.04. The van der Waals surface area contributed by atoms with Crippen molar-refractivity contribution in [2.45, 2.75) is 13.5 Å². The Balaban J connectivity index is 1.99. The Hall–Kier alpha value is -1.98. The van der Waals surface area contributed by atoms with Crippen LogP contribution >= 0.6 is 0 Å². The van der Waals surface area contributed by atoms with E-state index in [0.29, 0.717) is 6.54 Å². The van der Waals surface area contributed by atoms with E-state index in [-0.39, 0.29) is 0 Å². The highest BCUT2D eigenvalue weighted by atomic mass is 15.3. The van der Waals surface area contributed by atoms with Gasteiger partial charge in [-0.25, -0.2) is 0 Å². The minimum Gasteiger partial charge on any atom is -0.361 e. The molecule has 0 spiro atoms. The Bertz CT molecular complexity index is 432. The fourth-order valence-corrected chi connectivity index (χ4v) is 1.13. The van der Waals surface area contributed by atoms with Crippen LogP contribution in [0.5, 0.6) is 0 Å². The predicted octanol–water partition coefficient (Wildman–Crippen LogP) is 0.526. The molecule has 0 unspecified atom stereocenters. The van der Waals surface area contributed by atoms with Gasteiger partial charge in [-0.2, -0.15) is 5.10 Å². The van der Waals surface area contributed by atoms with Gasteiger partial charge in [0.2, 0.25) is 0 Å². The highest BCUT2D eigenvalue weighted by Gasteiger charge is 2.00. The van der Waals surface area contributed by atoms with E-state index in [2.05, 4.69) is 25.7 Å². The topological polar surface area (TPSA) is 68.5 Å². The molecule has 1 N–H and O–H groups in total. The van der Waals surface area contributed by atoms with Crippen LogP contribution in [0.25, 0.3) is 0 Å². The molecule has 6 heteroatoms. The average molecular weight is 204 g/mol. The molecule has 2 aromatic heterocycles. The van der Waals surface area contributed by atoms with Gasteiger partial charge in [0, 0.05) is 7.05 Å². The molecule has 0 aliphatic heterocycles. The standard InChI is InChI=1S/C9H12N6/c1-7-3-4-8(13-12-7)10-5-9-14-11-6-15(9)2/h3-4,6H,5H2,1-2H3,(H,10,13). The summed E-state index contributed by atoms with van der Waals surface area (Å²) in [5.74, 6) is 1.60. The summed E-state index contributed by atoms with van der Waals surface area (Å²) in [4.78, 5) is 0. The monoisotopic (exact) mass is 204 g/mol. The lowest BCUT2D eigenvalue weighted by molar-refractivity contribution is 0.807. The Labute approximate surface area is 87.4 Å². The molecule has 0 aromatic carbocycles. The Morgan fingerprint density at radius 2 is 2.13 bits per heavy atom.